The topological polar surface area (TPSA) is 74.8 Å². The SMILES string of the molecule is O=S(=O)(NC[C@@H](c1cccnc1)c1c[nH]c2ccccc12)c1ccc2c(c1)CCCC2. The predicted octanol–water partition coefficient (Wildman–Crippen LogP) is 4.55. The Bertz CT molecular complexity index is 1310. The van der Waals surface area contributed by atoms with Crippen molar-refractivity contribution in [2.24, 2.45) is 0 Å². The number of H-pyrrole nitrogens is 1. The Morgan fingerprint density at radius 2 is 1.84 bits per heavy atom. The van der Waals surface area contributed by atoms with Crippen LogP contribution in [0, 0.1) is 0 Å². The number of aromatic amines is 1. The lowest BCUT2D eigenvalue weighted by Crippen LogP contribution is -2.29. The molecule has 0 saturated heterocycles. The number of hydrogen-bond donors (Lipinski definition) is 2. The van der Waals surface area contributed by atoms with E-state index < -0.39 is 10.0 Å². The Kier molecular flexibility index (Phi) is 5.34. The first-order valence-electron chi connectivity index (χ1n) is 10.7. The predicted molar refractivity (Wildman–Crippen MR) is 123 cm³/mol. The summed E-state index contributed by atoms with van der Waals surface area (Å²) in [6.45, 7) is 0.257. The van der Waals surface area contributed by atoms with Crippen LogP contribution in [-0.2, 0) is 22.9 Å². The van der Waals surface area contributed by atoms with E-state index in [-0.39, 0.29) is 12.5 Å². The van der Waals surface area contributed by atoms with Crippen LogP contribution in [-0.4, -0.2) is 24.9 Å². The quantitative estimate of drug-likeness (QED) is 0.470. The second-order valence-electron chi connectivity index (χ2n) is 8.12. The van der Waals surface area contributed by atoms with Crippen molar-refractivity contribution in [1.82, 2.24) is 14.7 Å². The lowest BCUT2D eigenvalue weighted by atomic mass is 9.92. The summed E-state index contributed by atoms with van der Waals surface area (Å²) in [5.41, 5.74) is 5.49. The molecule has 6 heteroatoms. The van der Waals surface area contributed by atoms with E-state index >= 15 is 0 Å². The first-order chi connectivity index (χ1) is 15.1. The molecule has 4 aromatic rings. The third-order valence-electron chi connectivity index (χ3n) is 6.19. The molecule has 2 heterocycles. The number of fused-ring (bicyclic) bond motifs is 2. The second-order valence-corrected chi connectivity index (χ2v) is 9.89. The van der Waals surface area contributed by atoms with E-state index in [1.807, 2.05) is 48.7 Å². The molecule has 5 rings (SSSR count). The molecule has 2 aromatic carbocycles. The summed E-state index contributed by atoms with van der Waals surface area (Å²) >= 11 is 0. The van der Waals surface area contributed by atoms with E-state index in [9.17, 15) is 8.42 Å². The van der Waals surface area contributed by atoms with Crippen LogP contribution in [0.5, 0.6) is 0 Å². The van der Waals surface area contributed by atoms with Gasteiger partial charge in [0.15, 0.2) is 0 Å². The molecule has 158 valence electrons. The monoisotopic (exact) mass is 431 g/mol. The molecular weight excluding hydrogens is 406 g/mol. The first-order valence-corrected chi connectivity index (χ1v) is 12.2. The number of aryl methyl sites for hydroxylation is 2. The van der Waals surface area contributed by atoms with E-state index in [0.29, 0.717) is 4.90 Å². The average molecular weight is 432 g/mol. The summed E-state index contributed by atoms with van der Waals surface area (Å²) in [6.07, 6.45) is 9.78. The van der Waals surface area contributed by atoms with Gasteiger partial charge in [0.05, 0.1) is 4.90 Å². The summed E-state index contributed by atoms with van der Waals surface area (Å²) in [6, 6.07) is 17.5. The molecule has 1 aliphatic rings. The summed E-state index contributed by atoms with van der Waals surface area (Å²) in [7, 11) is -3.62. The van der Waals surface area contributed by atoms with Crippen LogP contribution in [0.15, 0.2) is 78.1 Å². The van der Waals surface area contributed by atoms with Crippen LogP contribution in [0.4, 0.5) is 0 Å². The average Bonchev–Trinajstić information content (AvgIpc) is 3.23. The van der Waals surface area contributed by atoms with Gasteiger partial charge in [-0.2, -0.15) is 0 Å². The Morgan fingerprint density at radius 1 is 1.00 bits per heavy atom. The molecule has 0 spiro atoms. The van der Waals surface area contributed by atoms with Crippen molar-refractivity contribution >= 4 is 20.9 Å². The minimum absolute atomic E-state index is 0.155. The van der Waals surface area contributed by atoms with Gasteiger partial charge in [0.2, 0.25) is 10.0 Å². The molecule has 5 nitrogen and oxygen atoms in total. The van der Waals surface area contributed by atoms with Gasteiger partial charge in [-0.3, -0.25) is 4.98 Å². The molecule has 0 saturated carbocycles. The molecule has 31 heavy (non-hydrogen) atoms. The van der Waals surface area contributed by atoms with Crippen molar-refractivity contribution in [3.05, 3.63) is 95.4 Å². The lowest BCUT2D eigenvalue weighted by molar-refractivity contribution is 0.577. The molecular formula is C25H25N3O2S. The molecule has 2 aromatic heterocycles. The van der Waals surface area contributed by atoms with Gasteiger partial charge in [-0.1, -0.05) is 30.3 Å². The van der Waals surface area contributed by atoms with Gasteiger partial charge in [-0.25, -0.2) is 13.1 Å². The maximum absolute atomic E-state index is 13.2. The molecule has 0 amide bonds. The van der Waals surface area contributed by atoms with E-state index in [2.05, 4.69) is 20.8 Å². The highest BCUT2D eigenvalue weighted by molar-refractivity contribution is 7.89. The Labute approximate surface area is 182 Å². The number of sulfonamides is 1. The third-order valence-corrected chi connectivity index (χ3v) is 7.61. The number of nitrogens with one attached hydrogen (secondary N) is 2. The fourth-order valence-electron chi connectivity index (χ4n) is 4.53. The number of hydrogen-bond acceptors (Lipinski definition) is 3. The highest BCUT2D eigenvalue weighted by Gasteiger charge is 2.23. The molecule has 0 radical (unpaired) electrons. The summed E-state index contributed by atoms with van der Waals surface area (Å²) in [5, 5.41) is 1.09. The van der Waals surface area contributed by atoms with Crippen molar-refractivity contribution < 1.29 is 8.42 Å². The number of pyridine rings is 1. The maximum Gasteiger partial charge on any atom is 0.240 e. The summed E-state index contributed by atoms with van der Waals surface area (Å²) in [4.78, 5) is 7.91. The summed E-state index contributed by atoms with van der Waals surface area (Å²) in [5.74, 6) is -0.155. The third kappa shape index (κ3) is 4.01. The number of benzene rings is 2. The highest BCUT2D eigenvalue weighted by atomic mass is 32.2. The molecule has 0 unspecified atom stereocenters. The largest absolute Gasteiger partial charge is 0.361 e. The van der Waals surface area contributed by atoms with Crippen molar-refractivity contribution in [2.75, 3.05) is 6.54 Å². The molecule has 1 atom stereocenters. The normalized spacial score (nSPS) is 15.0. The van der Waals surface area contributed by atoms with E-state index in [0.717, 1.165) is 46.9 Å². The Hall–Kier alpha value is -2.96. The van der Waals surface area contributed by atoms with Gasteiger partial charge in [0, 0.05) is 42.0 Å². The van der Waals surface area contributed by atoms with Gasteiger partial charge >= 0.3 is 0 Å². The van der Waals surface area contributed by atoms with E-state index in [1.165, 1.54) is 12.0 Å². The fraction of sp³-hybridized carbons (Fsp3) is 0.240. The van der Waals surface area contributed by atoms with E-state index in [1.54, 1.807) is 18.5 Å². The van der Waals surface area contributed by atoms with Crippen LogP contribution in [0.1, 0.15) is 41.0 Å². The minimum Gasteiger partial charge on any atom is -0.361 e. The van der Waals surface area contributed by atoms with Gasteiger partial charge in [-0.05, 0) is 72.2 Å². The van der Waals surface area contributed by atoms with Gasteiger partial charge < -0.3 is 4.98 Å². The van der Waals surface area contributed by atoms with Crippen LogP contribution in [0.2, 0.25) is 0 Å². The Balaban J connectivity index is 1.46. The number of nitrogens with zero attached hydrogens (tertiary/aromatic N) is 1. The van der Waals surface area contributed by atoms with Crippen molar-refractivity contribution in [2.45, 2.75) is 36.5 Å². The van der Waals surface area contributed by atoms with Gasteiger partial charge in [0.1, 0.15) is 0 Å². The van der Waals surface area contributed by atoms with Crippen molar-refractivity contribution in [3.8, 4) is 0 Å². The summed E-state index contributed by atoms with van der Waals surface area (Å²) < 4.78 is 29.2. The minimum atomic E-state index is -3.62. The van der Waals surface area contributed by atoms with E-state index in [4.69, 9.17) is 0 Å². The zero-order chi connectivity index (χ0) is 21.3. The van der Waals surface area contributed by atoms with Gasteiger partial charge in [0.25, 0.3) is 0 Å². The second kappa shape index (κ2) is 8.29. The maximum atomic E-state index is 13.2. The van der Waals surface area contributed by atoms with Crippen LogP contribution in [0.3, 0.4) is 0 Å². The zero-order valence-corrected chi connectivity index (χ0v) is 18.0. The van der Waals surface area contributed by atoms with Gasteiger partial charge in [-0.15, -0.1) is 0 Å². The highest BCUT2D eigenvalue weighted by Crippen LogP contribution is 2.31. The zero-order valence-electron chi connectivity index (χ0n) is 17.2. The smallest absolute Gasteiger partial charge is 0.240 e. The number of aromatic nitrogens is 2. The molecule has 2 N–H and O–H groups in total. The van der Waals surface area contributed by atoms with Crippen molar-refractivity contribution in [1.29, 1.82) is 0 Å². The van der Waals surface area contributed by atoms with Crippen LogP contribution in [0.25, 0.3) is 10.9 Å². The molecule has 1 aliphatic carbocycles. The number of para-hydroxylation sites is 1. The molecule has 0 fully saturated rings. The van der Waals surface area contributed by atoms with Crippen molar-refractivity contribution in [3.63, 3.8) is 0 Å². The van der Waals surface area contributed by atoms with Crippen LogP contribution >= 0.6 is 0 Å². The lowest BCUT2D eigenvalue weighted by Gasteiger charge is -2.19. The first kappa shape index (κ1) is 20.0. The molecule has 0 aliphatic heterocycles. The van der Waals surface area contributed by atoms with Crippen LogP contribution < -0.4 is 4.72 Å². The Morgan fingerprint density at radius 3 is 2.68 bits per heavy atom. The fourth-order valence-corrected chi connectivity index (χ4v) is 5.62. The number of rotatable bonds is 6. The molecule has 0 bridgehead atoms. The standard InChI is InChI=1S/C25H25N3O2S/c29-31(30,21-12-11-18-6-1-2-7-19(18)14-21)28-17-23(20-8-5-13-26-15-20)24-16-27-25-10-4-3-9-22(24)25/h3-5,8-16,23,27-28H,1-2,6-7,17H2/t23-/m0/s1.